The molecule has 2 N–H and O–H groups in total. The lowest BCUT2D eigenvalue weighted by atomic mass is 10.1. The number of aliphatic hydroxyl groups excluding tert-OH is 1. The molecule has 114 valence electrons. The summed E-state index contributed by atoms with van der Waals surface area (Å²) < 4.78 is 0. The van der Waals surface area contributed by atoms with Gasteiger partial charge in [-0.05, 0) is 25.7 Å². The van der Waals surface area contributed by atoms with E-state index in [9.17, 15) is 9.90 Å². The number of carboxylic acids is 1. The molecule has 0 radical (unpaired) electrons. The van der Waals surface area contributed by atoms with Gasteiger partial charge >= 0.3 is 5.97 Å². The fraction of sp³-hybridized carbons (Fsp3) is 0.588. The van der Waals surface area contributed by atoms with Crippen LogP contribution in [0.4, 0.5) is 0 Å². The molecule has 3 heteroatoms. The van der Waals surface area contributed by atoms with Crippen molar-refractivity contribution in [1.29, 1.82) is 0 Å². The number of carbonyl (C=O) groups is 1. The van der Waals surface area contributed by atoms with Crippen molar-refractivity contribution in [3.05, 3.63) is 36.5 Å². The molecule has 0 spiro atoms. The van der Waals surface area contributed by atoms with Crippen LogP contribution in [0.3, 0.4) is 0 Å². The van der Waals surface area contributed by atoms with Crippen molar-refractivity contribution in [3.63, 3.8) is 0 Å². The fourth-order valence-electron chi connectivity index (χ4n) is 1.71. The van der Waals surface area contributed by atoms with Gasteiger partial charge in [0.1, 0.15) is 0 Å². The zero-order chi connectivity index (χ0) is 15.1. The van der Waals surface area contributed by atoms with Crippen LogP contribution in [0.1, 0.15) is 58.3 Å². The standard InChI is InChI=1S/C17H28O3/c1-2-3-10-13-16(18)14-11-8-6-4-5-7-9-12-15-17(19)20/h5-8,11,14,16,18H,2-4,9-10,12-13,15H2,1H3,(H,19,20)/t16-/m0/s1. The number of unbranched alkanes of at least 4 members (excludes halogenated alkanes) is 3. The average Bonchev–Trinajstić information content (AvgIpc) is 2.41. The molecule has 0 aliphatic heterocycles. The van der Waals surface area contributed by atoms with Crippen LogP contribution in [-0.4, -0.2) is 22.3 Å². The number of carboxylic acid groups (broad SMARTS) is 1. The van der Waals surface area contributed by atoms with Crippen molar-refractivity contribution in [1.82, 2.24) is 0 Å². The van der Waals surface area contributed by atoms with E-state index in [1.54, 1.807) is 0 Å². The Morgan fingerprint density at radius 1 is 1.10 bits per heavy atom. The van der Waals surface area contributed by atoms with Crippen LogP contribution < -0.4 is 0 Å². The van der Waals surface area contributed by atoms with E-state index in [1.165, 1.54) is 12.8 Å². The van der Waals surface area contributed by atoms with E-state index < -0.39 is 5.97 Å². The summed E-state index contributed by atoms with van der Waals surface area (Å²) in [5.74, 6) is -0.735. The van der Waals surface area contributed by atoms with Gasteiger partial charge in [-0.15, -0.1) is 0 Å². The zero-order valence-corrected chi connectivity index (χ0v) is 12.5. The van der Waals surface area contributed by atoms with Crippen molar-refractivity contribution in [3.8, 4) is 0 Å². The predicted octanol–water partition coefficient (Wildman–Crippen LogP) is 4.24. The van der Waals surface area contributed by atoms with E-state index in [0.29, 0.717) is 6.42 Å². The third-order valence-corrected chi connectivity index (χ3v) is 2.88. The summed E-state index contributed by atoms with van der Waals surface area (Å²) in [6.07, 6.45) is 18.2. The second-order valence-electron chi connectivity index (χ2n) is 4.87. The van der Waals surface area contributed by atoms with E-state index in [2.05, 4.69) is 6.92 Å². The lowest BCUT2D eigenvalue weighted by Gasteiger charge is -2.02. The Bertz CT molecular complexity index is 316. The quantitative estimate of drug-likeness (QED) is 0.319. The van der Waals surface area contributed by atoms with Gasteiger partial charge in [-0.25, -0.2) is 0 Å². The number of hydrogen-bond acceptors (Lipinski definition) is 2. The highest BCUT2D eigenvalue weighted by atomic mass is 16.4. The Kier molecular flexibility index (Phi) is 13.1. The van der Waals surface area contributed by atoms with E-state index in [4.69, 9.17) is 5.11 Å². The Morgan fingerprint density at radius 3 is 2.60 bits per heavy atom. The minimum atomic E-state index is -0.735. The van der Waals surface area contributed by atoms with Gasteiger partial charge in [0.25, 0.3) is 0 Å². The molecule has 0 aromatic rings. The van der Waals surface area contributed by atoms with Crippen molar-refractivity contribution >= 4 is 5.97 Å². The highest BCUT2D eigenvalue weighted by Crippen LogP contribution is 2.04. The first-order valence-corrected chi connectivity index (χ1v) is 7.55. The van der Waals surface area contributed by atoms with E-state index >= 15 is 0 Å². The number of rotatable bonds is 12. The normalized spacial score (nSPS) is 13.7. The number of aliphatic carboxylic acids is 1. The maximum Gasteiger partial charge on any atom is 0.303 e. The van der Waals surface area contributed by atoms with Crippen molar-refractivity contribution in [2.75, 3.05) is 0 Å². The van der Waals surface area contributed by atoms with Crippen molar-refractivity contribution in [2.24, 2.45) is 0 Å². The van der Waals surface area contributed by atoms with Crippen molar-refractivity contribution in [2.45, 2.75) is 64.4 Å². The maximum atomic E-state index is 10.3. The molecule has 0 unspecified atom stereocenters. The van der Waals surface area contributed by atoms with Gasteiger partial charge in [0, 0.05) is 6.42 Å². The molecule has 0 amide bonds. The lowest BCUT2D eigenvalue weighted by Crippen LogP contribution is -2.00. The molecule has 0 saturated carbocycles. The smallest absolute Gasteiger partial charge is 0.303 e. The van der Waals surface area contributed by atoms with Crippen LogP contribution in [0.15, 0.2) is 36.5 Å². The number of hydrogen-bond donors (Lipinski definition) is 2. The van der Waals surface area contributed by atoms with E-state index in [0.717, 1.165) is 25.7 Å². The van der Waals surface area contributed by atoms with E-state index in [1.807, 2.05) is 36.5 Å². The predicted molar refractivity (Wildman–Crippen MR) is 83.7 cm³/mol. The first-order chi connectivity index (χ1) is 9.66. The Balaban J connectivity index is 3.54. The summed E-state index contributed by atoms with van der Waals surface area (Å²) in [7, 11) is 0. The molecule has 0 rings (SSSR count). The molecule has 0 aliphatic rings. The number of aliphatic hydroxyl groups is 1. The molecule has 20 heavy (non-hydrogen) atoms. The largest absolute Gasteiger partial charge is 0.481 e. The first-order valence-electron chi connectivity index (χ1n) is 7.55. The second-order valence-corrected chi connectivity index (χ2v) is 4.87. The molecule has 0 bridgehead atoms. The lowest BCUT2D eigenvalue weighted by molar-refractivity contribution is -0.137. The van der Waals surface area contributed by atoms with Gasteiger partial charge in [0.15, 0.2) is 0 Å². The average molecular weight is 280 g/mol. The Morgan fingerprint density at radius 2 is 1.90 bits per heavy atom. The minimum Gasteiger partial charge on any atom is -0.481 e. The van der Waals surface area contributed by atoms with Crippen LogP contribution in [0.5, 0.6) is 0 Å². The van der Waals surface area contributed by atoms with Crippen LogP contribution >= 0.6 is 0 Å². The highest BCUT2D eigenvalue weighted by Gasteiger charge is 1.96. The molecule has 1 atom stereocenters. The van der Waals surface area contributed by atoms with Gasteiger partial charge in [0.2, 0.25) is 0 Å². The highest BCUT2D eigenvalue weighted by molar-refractivity contribution is 5.66. The maximum absolute atomic E-state index is 10.3. The van der Waals surface area contributed by atoms with Crippen molar-refractivity contribution < 1.29 is 15.0 Å². The minimum absolute atomic E-state index is 0.235. The SMILES string of the molecule is CCCCC[C@H](O)C=CC=CCC=CCCCC(=O)O. The van der Waals surface area contributed by atoms with Crippen LogP contribution in [-0.2, 0) is 4.79 Å². The topological polar surface area (TPSA) is 57.5 Å². The Labute approximate surface area is 122 Å². The summed E-state index contributed by atoms with van der Waals surface area (Å²) in [5.41, 5.74) is 0. The molecule has 0 saturated heterocycles. The van der Waals surface area contributed by atoms with Gasteiger partial charge in [-0.2, -0.15) is 0 Å². The van der Waals surface area contributed by atoms with Gasteiger partial charge in [0.05, 0.1) is 6.10 Å². The van der Waals surface area contributed by atoms with Gasteiger partial charge in [-0.3, -0.25) is 4.79 Å². The zero-order valence-electron chi connectivity index (χ0n) is 12.5. The molecule has 3 nitrogen and oxygen atoms in total. The monoisotopic (exact) mass is 280 g/mol. The fourth-order valence-corrected chi connectivity index (χ4v) is 1.71. The molecule has 0 fully saturated rings. The summed E-state index contributed by atoms with van der Waals surface area (Å²) in [6.45, 7) is 2.15. The molecule has 0 heterocycles. The summed E-state index contributed by atoms with van der Waals surface area (Å²) in [6, 6.07) is 0. The molecule has 0 aliphatic carbocycles. The number of allylic oxidation sites excluding steroid dienone is 5. The van der Waals surface area contributed by atoms with Crippen LogP contribution in [0, 0.1) is 0 Å². The van der Waals surface area contributed by atoms with Gasteiger partial charge < -0.3 is 10.2 Å². The molecule has 0 aromatic heterocycles. The van der Waals surface area contributed by atoms with E-state index in [-0.39, 0.29) is 12.5 Å². The molecular formula is C17H28O3. The third kappa shape index (κ3) is 14.7. The van der Waals surface area contributed by atoms with Crippen LogP contribution in [0.25, 0.3) is 0 Å². The summed E-state index contributed by atoms with van der Waals surface area (Å²) in [5, 5.41) is 18.1. The summed E-state index contributed by atoms with van der Waals surface area (Å²) in [4.78, 5) is 10.3. The third-order valence-electron chi connectivity index (χ3n) is 2.88. The van der Waals surface area contributed by atoms with Crippen LogP contribution in [0.2, 0.25) is 0 Å². The Hall–Kier alpha value is -1.35. The molecular weight excluding hydrogens is 252 g/mol. The first kappa shape index (κ1) is 18.7. The van der Waals surface area contributed by atoms with Gasteiger partial charge in [-0.1, -0.05) is 62.6 Å². The second kappa shape index (κ2) is 14.1. The summed E-state index contributed by atoms with van der Waals surface area (Å²) >= 11 is 0. The molecule has 0 aromatic carbocycles.